The van der Waals surface area contributed by atoms with E-state index in [4.69, 9.17) is 0 Å². The topological polar surface area (TPSA) is 46.0 Å². The van der Waals surface area contributed by atoms with Crippen LogP contribution in [0, 0.1) is 5.41 Å². The summed E-state index contributed by atoms with van der Waals surface area (Å²) in [5.74, 6) is 0. The highest BCUT2D eigenvalue weighted by molar-refractivity contribution is 5.01. The van der Waals surface area contributed by atoms with Crippen LogP contribution < -0.4 is 0 Å². The van der Waals surface area contributed by atoms with Gasteiger partial charge in [-0.2, -0.15) is 0 Å². The van der Waals surface area contributed by atoms with Gasteiger partial charge in [0.2, 0.25) is 0 Å². The molecule has 14 heavy (non-hydrogen) atoms. The average molecular weight is 192 g/mol. The van der Waals surface area contributed by atoms with E-state index in [-0.39, 0.29) is 0 Å². The fraction of sp³-hybridized carbons (Fsp3) is 0.636. The molecule has 0 radical (unpaired) electrons. The first-order valence-corrected chi connectivity index (χ1v) is 5.14. The molecule has 1 unspecified atom stereocenters. The van der Waals surface area contributed by atoms with E-state index in [0.717, 1.165) is 6.42 Å². The van der Waals surface area contributed by atoms with Crippen LogP contribution in [0.2, 0.25) is 0 Å². The number of aliphatic hydroxyl groups is 1. The lowest BCUT2D eigenvalue weighted by molar-refractivity contribution is 0.0522. The van der Waals surface area contributed by atoms with Crippen molar-refractivity contribution in [3.63, 3.8) is 0 Å². The average Bonchev–Trinajstić information content (AvgIpc) is 2.17. The minimum atomic E-state index is -0.450. The minimum Gasteiger partial charge on any atom is -0.387 e. The lowest BCUT2D eigenvalue weighted by Gasteiger charge is -2.39. The van der Waals surface area contributed by atoms with Crippen molar-refractivity contribution in [2.24, 2.45) is 5.41 Å². The first-order chi connectivity index (χ1) is 6.70. The molecule has 0 saturated heterocycles. The summed E-state index contributed by atoms with van der Waals surface area (Å²) in [6, 6.07) is 0. The van der Waals surface area contributed by atoms with Gasteiger partial charge in [-0.3, -0.25) is 9.97 Å². The van der Waals surface area contributed by atoms with Crippen LogP contribution in [0.15, 0.2) is 18.6 Å². The van der Waals surface area contributed by atoms with Gasteiger partial charge < -0.3 is 5.11 Å². The van der Waals surface area contributed by atoms with Crippen molar-refractivity contribution in [3.05, 3.63) is 24.3 Å². The molecule has 2 rings (SSSR count). The Balaban J connectivity index is 1.99. The van der Waals surface area contributed by atoms with Crippen molar-refractivity contribution in [1.29, 1.82) is 0 Å². The van der Waals surface area contributed by atoms with Crippen molar-refractivity contribution in [3.8, 4) is 0 Å². The standard InChI is InChI=1S/C11H16N2O/c1-11(3-2-4-11)7-10(14)9-8-12-5-6-13-9/h5-6,8,10,14H,2-4,7H2,1H3. The van der Waals surface area contributed by atoms with E-state index in [2.05, 4.69) is 16.9 Å². The highest BCUT2D eigenvalue weighted by atomic mass is 16.3. The summed E-state index contributed by atoms with van der Waals surface area (Å²) < 4.78 is 0. The third-order valence-electron chi connectivity index (χ3n) is 3.17. The van der Waals surface area contributed by atoms with Crippen LogP contribution in [0.4, 0.5) is 0 Å². The Morgan fingerprint density at radius 2 is 2.29 bits per heavy atom. The minimum absolute atomic E-state index is 0.330. The van der Waals surface area contributed by atoms with E-state index in [1.165, 1.54) is 19.3 Å². The predicted octanol–water partition coefficient (Wildman–Crippen LogP) is 2.09. The molecular formula is C11H16N2O. The number of aromatic nitrogens is 2. The third-order valence-corrected chi connectivity index (χ3v) is 3.17. The van der Waals surface area contributed by atoms with E-state index in [0.29, 0.717) is 11.1 Å². The zero-order valence-corrected chi connectivity index (χ0v) is 8.48. The number of rotatable bonds is 3. The Bertz CT molecular complexity index is 295. The van der Waals surface area contributed by atoms with Crippen LogP contribution in [0.5, 0.6) is 0 Å². The van der Waals surface area contributed by atoms with Gasteiger partial charge in [0.1, 0.15) is 0 Å². The summed E-state index contributed by atoms with van der Waals surface area (Å²) >= 11 is 0. The molecule has 3 heteroatoms. The van der Waals surface area contributed by atoms with Gasteiger partial charge in [-0.05, 0) is 24.7 Å². The van der Waals surface area contributed by atoms with Gasteiger partial charge in [0, 0.05) is 12.4 Å². The van der Waals surface area contributed by atoms with Gasteiger partial charge in [-0.15, -0.1) is 0 Å². The molecule has 1 N–H and O–H groups in total. The van der Waals surface area contributed by atoms with Crippen LogP contribution >= 0.6 is 0 Å². The fourth-order valence-electron chi connectivity index (χ4n) is 2.04. The summed E-state index contributed by atoms with van der Waals surface area (Å²) in [4.78, 5) is 8.07. The van der Waals surface area contributed by atoms with Gasteiger partial charge in [0.05, 0.1) is 18.0 Å². The smallest absolute Gasteiger partial charge is 0.0980 e. The fourth-order valence-corrected chi connectivity index (χ4v) is 2.04. The van der Waals surface area contributed by atoms with Gasteiger partial charge in [-0.25, -0.2) is 0 Å². The number of hydrogen-bond acceptors (Lipinski definition) is 3. The Hall–Kier alpha value is -0.960. The number of hydrogen-bond donors (Lipinski definition) is 1. The molecule has 1 aliphatic carbocycles. The molecule has 0 aromatic carbocycles. The lowest BCUT2D eigenvalue weighted by atomic mass is 9.67. The Labute approximate surface area is 84.2 Å². The zero-order chi connectivity index (χ0) is 10.0. The molecule has 0 bridgehead atoms. The molecule has 1 heterocycles. The largest absolute Gasteiger partial charge is 0.387 e. The van der Waals surface area contributed by atoms with Crippen molar-refractivity contribution < 1.29 is 5.11 Å². The van der Waals surface area contributed by atoms with E-state index in [1.54, 1.807) is 18.6 Å². The van der Waals surface area contributed by atoms with E-state index >= 15 is 0 Å². The highest BCUT2D eigenvalue weighted by Crippen LogP contribution is 2.46. The summed E-state index contributed by atoms with van der Waals surface area (Å²) in [7, 11) is 0. The Morgan fingerprint density at radius 3 is 2.79 bits per heavy atom. The molecule has 0 spiro atoms. The normalized spacial score (nSPS) is 21.3. The third kappa shape index (κ3) is 1.93. The SMILES string of the molecule is CC1(CC(O)c2cnccn2)CCC1. The molecule has 1 aromatic heterocycles. The molecule has 1 saturated carbocycles. The highest BCUT2D eigenvalue weighted by Gasteiger charge is 2.34. The predicted molar refractivity (Wildman–Crippen MR) is 53.6 cm³/mol. The number of aliphatic hydroxyl groups excluding tert-OH is 1. The van der Waals surface area contributed by atoms with Gasteiger partial charge in [0.25, 0.3) is 0 Å². The van der Waals surface area contributed by atoms with Crippen molar-refractivity contribution >= 4 is 0 Å². The second-order valence-electron chi connectivity index (χ2n) is 4.51. The van der Waals surface area contributed by atoms with Crippen molar-refractivity contribution in [2.75, 3.05) is 0 Å². The van der Waals surface area contributed by atoms with Gasteiger partial charge in [0.15, 0.2) is 0 Å². The van der Waals surface area contributed by atoms with Crippen LogP contribution in [0.3, 0.4) is 0 Å². The van der Waals surface area contributed by atoms with E-state index in [1.807, 2.05) is 0 Å². The maximum absolute atomic E-state index is 9.92. The molecule has 0 amide bonds. The lowest BCUT2D eigenvalue weighted by Crippen LogP contribution is -2.27. The molecule has 1 fully saturated rings. The molecule has 1 atom stereocenters. The van der Waals surface area contributed by atoms with Crippen LogP contribution in [-0.2, 0) is 0 Å². The monoisotopic (exact) mass is 192 g/mol. The van der Waals surface area contributed by atoms with Gasteiger partial charge >= 0.3 is 0 Å². The zero-order valence-electron chi connectivity index (χ0n) is 8.48. The van der Waals surface area contributed by atoms with Crippen LogP contribution in [-0.4, -0.2) is 15.1 Å². The van der Waals surface area contributed by atoms with Crippen molar-refractivity contribution in [1.82, 2.24) is 9.97 Å². The maximum atomic E-state index is 9.92. The summed E-state index contributed by atoms with van der Waals surface area (Å²) in [6.45, 7) is 2.23. The van der Waals surface area contributed by atoms with Crippen LogP contribution in [0.25, 0.3) is 0 Å². The second-order valence-corrected chi connectivity index (χ2v) is 4.51. The molecule has 0 aliphatic heterocycles. The molecule has 76 valence electrons. The van der Waals surface area contributed by atoms with Crippen molar-refractivity contribution in [2.45, 2.75) is 38.7 Å². The van der Waals surface area contributed by atoms with E-state index in [9.17, 15) is 5.11 Å². The molecular weight excluding hydrogens is 176 g/mol. The number of nitrogens with zero attached hydrogens (tertiary/aromatic N) is 2. The Morgan fingerprint density at radius 1 is 1.50 bits per heavy atom. The first-order valence-electron chi connectivity index (χ1n) is 5.14. The maximum Gasteiger partial charge on any atom is 0.0980 e. The summed E-state index contributed by atoms with van der Waals surface area (Å²) in [6.07, 6.45) is 9.01. The molecule has 1 aliphatic rings. The summed E-state index contributed by atoms with van der Waals surface area (Å²) in [5, 5.41) is 9.92. The molecule has 3 nitrogen and oxygen atoms in total. The van der Waals surface area contributed by atoms with Crippen LogP contribution in [0.1, 0.15) is 44.4 Å². The first kappa shape index (κ1) is 9.59. The summed E-state index contributed by atoms with van der Waals surface area (Å²) in [5.41, 5.74) is 1.03. The quantitative estimate of drug-likeness (QED) is 0.797. The Kier molecular flexibility index (Phi) is 2.50. The molecule has 1 aromatic rings. The second kappa shape index (κ2) is 3.65. The van der Waals surface area contributed by atoms with E-state index < -0.39 is 6.10 Å². The van der Waals surface area contributed by atoms with Gasteiger partial charge in [-0.1, -0.05) is 13.3 Å².